The predicted molar refractivity (Wildman–Crippen MR) is 139 cm³/mol. The molecule has 0 aromatic heterocycles. The van der Waals surface area contributed by atoms with Crippen molar-refractivity contribution >= 4 is 0 Å². The highest BCUT2D eigenvalue weighted by molar-refractivity contribution is 5.32. The molecule has 4 atom stereocenters. The largest absolute Gasteiger partial charge is 0.465 e. The van der Waals surface area contributed by atoms with Crippen molar-refractivity contribution in [2.24, 2.45) is 17.3 Å². The molecule has 176 valence electrons. The van der Waals surface area contributed by atoms with Crippen LogP contribution < -0.4 is 4.74 Å². The number of ether oxygens (including phenoxy) is 2. The van der Waals surface area contributed by atoms with E-state index in [4.69, 9.17) is 9.47 Å². The Balaban J connectivity index is 1.36. The molecule has 0 aliphatic heterocycles. The number of fused-ring (bicyclic) bond motifs is 2. The van der Waals surface area contributed by atoms with Crippen LogP contribution in [0.1, 0.15) is 55.7 Å². The highest BCUT2D eigenvalue weighted by atomic mass is 16.7. The average Bonchev–Trinajstić information content (AvgIpc) is 3.46. The summed E-state index contributed by atoms with van der Waals surface area (Å²) in [4.78, 5) is 0. The van der Waals surface area contributed by atoms with Crippen molar-refractivity contribution in [2.75, 3.05) is 6.61 Å². The van der Waals surface area contributed by atoms with Gasteiger partial charge in [0, 0.05) is 12.3 Å². The summed E-state index contributed by atoms with van der Waals surface area (Å²) in [5.74, 6) is 2.42. The summed E-state index contributed by atoms with van der Waals surface area (Å²) in [5.41, 5.74) is 4.09. The van der Waals surface area contributed by atoms with Crippen LogP contribution in [0.3, 0.4) is 0 Å². The van der Waals surface area contributed by atoms with E-state index in [2.05, 4.69) is 111 Å². The molecular formula is C32H36O2. The van der Waals surface area contributed by atoms with E-state index in [1.165, 1.54) is 29.5 Å². The molecule has 3 aromatic rings. The van der Waals surface area contributed by atoms with E-state index in [1.807, 2.05) is 0 Å². The first-order valence-corrected chi connectivity index (χ1v) is 12.8. The second kappa shape index (κ2) is 10.2. The number of hydrogen-bond donors (Lipinski definition) is 0. The quantitative estimate of drug-likeness (QED) is 0.231. The van der Waals surface area contributed by atoms with Crippen LogP contribution in [-0.4, -0.2) is 12.9 Å². The van der Waals surface area contributed by atoms with Gasteiger partial charge in [0.15, 0.2) is 6.29 Å². The summed E-state index contributed by atoms with van der Waals surface area (Å²) in [6, 6.07) is 29.9. The number of allylic oxidation sites excluding steroid dienone is 2. The summed E-state index contributed by atoms with van der Waals surface area (Å²) < 4.78 is 13.2. The maximum atomic E-state index is 6.66. The van der Waals surface area contributed by atoms with Gasteiger partial charge >= 0.3 is 0 Å². The predicted octanol–water partition coefficient (Wildman–Crippen LogP) is 7.80. The van der Waals surface area contributed by atoms with Crippen LogP contribution in [-0.2, 0) is 11.2 Å². The van der Waals surface area contributed by atoms with E-state index in [1.54, 1.807) is 0 Å². The maximum absolute atomic E-state index is 6.66. The highest BCUT2D eigenvalue weighted by Crippen LogP contribution is 2.54. The zero-order valence-corrected chi connectivity index (χ0v) is 20.4. The smallest absolute Gasteiger partial charge is 0.200 e. The lowest BCUT2D eigenvalue weighted by molar-refractivity contribution is -0.108. The Kier molecular flexibility index (Phi) is 6.87. The molecule has 0 spiro atoms. The van der Waals surface area contributed by atoms with Crippen molar-refractivity contribution in [3.05, 3.63) is 114 Å². The van der Waals surface area contributed by atoms with Crippen LogP contribution in [0.4, 0.5) is 0 Å². The molecule has 2 bridgehead atoms. The molecule has 0 radical (unpaired) electrons. The molecule has 1 saturated carbocycles. The molecule has 0 amide bonds. The van der Waals surface area contributed by atoms with Crippen molar-refractivity contribution in [1.82, 2.24) is 0 Å². The first kappa shape index (κ1) is 22.9. The number of benzene rings is 3. The minimum absolute atomic E-state index is 0.170. The molecule has 5 rings (SSSR count). The van der Waals surface area contributed by atoms with Gasteiger partial charge in [-0.1, -0.05) is 98.8 Å². The number of aryl methyl sites for hydroxylation is 1. The molecule has 3 aromatic carbocycles. The minimum Gasteiger partial charge on any atom is -0.465 e. The summed E-state index contributed by atoms with van der Waals surface area (Å²) in [6.45, 7) is 5.19. The van der Waals surface area contributed by atoms with Crippen molar-refractivity contribution in [1.29, 1.82) is 0 Å². The molecule has 2 aliphatic carbocycles. The van der Waals surface area contributed by atoms with Gasteiger partial charge in [-0.05, 0) is 65.3 Å². The third-order valence-electron chi connectivity index (χ3n) is 7.88. The number of rotatable bonds is 10. The Bertz CT molecular complexity index is 1030. The Hall–Kier alpha value is -2.84. The molecule has 34 heavy (non-hydrogen) atoms. The van der Waals surface area contributed by atoms with Gasteiger partial charge in [0.05, 0.1) is 6.61 Å². The standard InChI is InChI=1S/C32H36O2/c1-3-24-15-18-29(19-16-24)34-31(22-32(2)21-25-14-17-28(32)20-25)33-23-30(26-10-6-4-7-11-26)27-12-8-5-9-13-27/h4-19,25,28,30-31H,3,20-23H2,1-2H3. The lowest BCUT2D eigenvalue weighted by Crippen LogP contribution is -2.33. The molecule has 0 N–H and O–H groups in total. The summed E-state index contributed by atoms with van der Waals surface area (Å²) in [7, 11) is 0. The Morgan fingerprint density at radius 3 is 2.03 bits per heavy atom. The summed E-state index contributed by atoms with van der Waals surface area (Å²) in [6.07, 6.45) is 9.01. The van der Waals surface area contributed by atoms with Gasteiger partial charge in [-0.2, -0.15) is 0 Å². The van der Waals surface area contributed by atoms with Crippen LogP contribution in [0.2, 0.25) is 0 Å². The van der Waals surface area contributed by atoms with Crippen molar-refractivity contribution in [2.45, 2.75) is 51.7 Å². The van der Waals surface area contributed by atoms with Crippen molar-refractivity contribution < 1.29 is 9.47 Å². The van der Waals surface area contributed by atoms with E-state index >= 15 is 0 Å². The Morgan fingerprint density at radius 2 is 1.50 bits per heavy atom. The van der Waals surface area contributed by atoms with E-state index in [0.717, 1.165) is 24.5 Å². The van der Waals surface area contributed by atoms with Crippen molar-refractivity contribution in [3.63, 3.8) is 0 Å². The molecule has 1 fully saturated rings. The lowest BCUT2D eigenvalue weighted by Gasteiger charge is -2.35. The third kappa shape index (κ3) is 5.13. The second-order valence-corrected chi connectivity index (χ2v) is 10.3. The molecule has 2 aliphatic rings. The summed E-state index contributed by atoms with van der Waals surface area (Å²) >= 11 is 0. The van der Waals surface area contributed by atoms with Gasteiger partial charge in [-0.3, -0.25) is 0 Å². The fraction of sp³-hybridized carbons (Fsp3) is 0.375. The lowest BCUT2D eigenvalue weighted by atomic mass is 9.75. The normalized spacial score (nSPS) is 24.0. The van der Waals surface area contributed by atoms with Crippen LogP contribution in [0.25, 0.3) is 0 Å². The van der Waals surface area contributed by atoms with Gasteiger partial charge < -0.3 is 9.47 Å². The van der Waals surface area contributed by atoms with E-state index < -0.39 is 0 Å². The summed E-state index contributed by atoms with van der Waals surface area (Å²) in [5, 5.41) is 0. The molecule has 4 unspecified atom stereocenters. The topological polar surface area (TPSA) is 18.5 Å². The van der Waals surface area contributed by atoms with Gasteiger partial charge in [0.1, 0.15) is 5.75 Å². The maximum Gasteiger partial charge on any atom is 0.200 e. The van der Waals surface area contributed by atoms with Crippen LogP contribution in [0.5, 0.6) is 5.75 Å². The molecule has 2 heteroatoms. The second-order valence-electron chi connectivity index (χ2n) is 10.3. The molecule has 0 heterocycles. The Labute approximate surface area is 204 Å². The van der Waals surface area contributed by atoms with E-state index in [9.17, 15) is 0 Å². The Morgan fingerprint density at radius 1 is 0.853 bits per heavy atom. The zero-order chi connectivity index (χ0) is 23.4. The molecule has 0 saturated heterocycles. The molecule has 2 nitrogen and oxygen atoms in total. The van der Waals surface area contributed by atoms with Gasteiger partial charge in [-0.15, -0.1) is 0 Å². The first-order chi connectivity index (χ1) is 16.6. The fourth-order valence-electron chi connectivity index (χ4n) is 5.86. The fourth-order valence-corrected chi connectivity index (χ4v) is 5.86. The van der Waals surface area contributed by atoms with Gasteiger partial charge in [0.25, 0.3) is 0 Å². The minimum atomic E-state index is -0.278. The van der Waals surface area contributed by atoms with Crippen LogP contribution in [0.15, 0.2) is 97.1 Å². The van der Waals surface area contributed by atoms with E-state index in [-0.39, 0.29) is 17.6 Å². The monoisotopic (exact) mass is 452 g/mol. The zero-order valence-electron chi connectivity index (χ0n) is 20.4. The number of hydrogen-bond acceptors (Lipinski definition) is 2. The highest BCUT2D eigenvalue weighted by Gasteiger charge is 2.46. The van der Waals surface area contributed by atoms with Crippen LogP contribution >= 0.6 is 0 Å². The van der Waals surface area contributed by atoms with Crippen molar-refractivity contribution in [3.8, 4) is 5.75 Å². The SMILES string of the molecule is CCc1ccc(OC(CC2(C)CC3C=CC2C3)OCC(c2ccccc2)c2ccccc2)cc1. The average molecular weight is 453 g/mol. The van der Waals surface area contributed by atoms with Gasteiger partial charge in [0.2, 0.25) is 0 Å². The third-order valence-corrected chi connectivity index (χ3v) is 7.88. The van der Waals surface area contributed by atoms with Crippen LogP contribution in [0, 0.1) is 17.3 Å². The van der Waals surface area contributed by atoms with E-state index in [0.29, 0.717) is 12.5 Å². The molecular weight excluding hydrogens is 416 g/mol. The van der Waals surface area contributed by atoms with Gasteiger partial charge in [-0.25, -0.2) is 0 Å². The first-order valence-electron chi connectivity index (χ1n) is 12.8.